The molecule has 150 valence electrons. The van der Waals surface area contributed by atoms with Gasteiger partial charge in [0.25, 0.3) is 5.91 Å². The normalized spacial score (nSPS) is 11.7. The maximum atomic E-state index is 12.7. The number of thiazole rings is 1. The third kappa shape index (κ3) is 5.56. The highest BCUT2D eigenvalue weighted by molar-refractivity contribution is 7.13. The van der Waals surface area contributed by atoms with Gasteiger partial charge >= 0.3 is 5.97 Å². The van der Waals surface area contributed by atoms with Gasteiger partial charge in [0, 0.05) is 16.0 Å². The number of carboxylic acids is 1. The molecule has 0 aliphatic rings. The number of aliphatic carboxylic acids is 1. The first kappa shape index (κ1) is 20.8. The van der Waals surface area contributed by atoms with Gasteiger partial charge in [-0.1, -0.05) is 35.9 Å². The molecule has 3 rings (SSSR count). The maximum absolute atomic E-state index is 12.7. The van der Waals surface area contributed by atoms with Crippen LogP contribution in [0.1, 0.15) is 35.4 Å². The Morgan fingerprint density at radius 1 is 1.17 bits per heavy atom. The molecule has 0 spiro atoms. The average Bonchev–Trinajstić information content (AvgIpc) is 3.19. The van der Waals surface area contributed by atoms with Gasteiger partial charge in [0.2, 0.25) is 0 Å². The molecule has 0 aliphatic heterocycles. The van der Waals surface area contributed by atoms with Gasteiger partial charge in [0.05, 0.1) is 19.1 Å². The lowest BCUT2D eigenvalue weighted by atomic mass is 10.0. The molecule has 0 radical (unpaired) electrons. The van der Waals surface area contributed by atoms with Crippen molar-refractivity contribution in [2.24, 2.45) is 0 Å². The molecule has 0 saturated carbocycles. The fourth-order valence-corrected chi connectivity index (χ4v) is 3.66. The highest BCUT2D eigenvalue weighted by Gasteiger charge is 2.21. The topological polar surface area (TPSA) is 88.5 Å². The number of carboxylic acid groups (broad SMARTS) is 1. The smallest absolute Gasteiger partial charge is 0.305 e. The average molecular weight is 431 g/mol. The zero-order valence-electron chi connectivity index (χ0n) is 15.6. The number of nitrogens with zero attached hydrogens (tertiary/aromatic N) is 1. The molecule has 0 bridgehead atoms. The Kier molecular flexibility index (Phi) is 6.85. The lowest BCUT2D eigenvalue weighted by Crippen LogP contribution is -2.30. The zero-order chi connectivity index (χ0) is 20.8. The molecule has 0 saturated heterocycles. The summed E-state index contributed by atoms with van der Waals surface area (Å²) >= 11 is 7.24. The van der Waals surface area contributed by atoms with E-state index in [2.05, 4.69) is 10.3 Å². The molecule has 0 aliphatic carbocycles. The molecule has 3 aromatic rings. The van der Waals surface area contributed by atoms with Crippen LogP contribution in [0.15, 0.2) is 53.9 Å². The van der Waals surface area contributed by atoms with Gasteiger partial charge < -0.3 is 15.2 Å². The minimum Gasteiger partial charge on any atom is -0.494 e. The summed E-state index contributed by atoms with van der Waals surface area (Å²) in [5, 5.41) is 15.0. The number of carbonyl (C=O) groups is 2. The molecular formula is C21H19ClN2O4S. The number of halogens is 1. The molecular weight excluding hydrogens is 412 g/mol. The van der Waals surface area contributed by atoms with Crippen LogP contribution in [0.25, 0.3) is 10.6 Å². The summed E-state index contributed by atoms with van der Waals surface area (Å²) in [5.41, 5.74) is 1.77. The van der Waals surface area contributed by atoms with Gasteiger partial charge in [0.15, 0.2) is 0 Å². The van der Waals surface area contributed by atoms with E-state index in [-0.39, 0.29) is 12.1 Å². The summed E-state index contributed by atoms with van der Waals surface area (Å²) in [7, 11) is 0. The Labute approximate surface area is 177 Å². The van der Waals surface area contributed by atoms with E-state index in [1.807, 2.05) is 19.1 Å². The molecule has 0 unspecified atom stereocenters. The lowest BCUT2D eigenvalue weighted by Gasteiger charge is -2.17. The van der Waals surface area contributed by atoms with Crippen molar-refractivity contribution in [2.75, 3.05) is 6.61 Å². The van der Waals surface area contributed by atoms with Gasteiger partial charge in [-0.3, -0.25) is 9.59 Å². The standard InChI is InChI=1S/C21H19ClN2O4S/c1-2-28-16-9-5-13(6-10-16)17(11-19(25)26)23-20(27)18-12-29-21(24-18)14-3-7-15(22)8-4-14/h3-10,12,17H,2,11H2,1H3,(H,23,27)(H,25,26)/t17-/m0/s1. The summed E-state index contributed by atoms with van der Waals surface area (Å²) in [6.45, 7) is 2.42. The fraction of sp³-hybridized carbons (Fsp3) is 0.190. The predicted octanol–water partition coefficient (Wildman–Crippen LogP) is 4.81. The van der Waals surface area contributed by atoms with E-state index in [9.17, 15) is 14.7 Å². The van der Waals surface area contributed by atoms with Crippen molar-refractivity contribution < 1.29 is 19.4 Å². The first-order valence-corrected chi connectivity index (χ1v) is 10.2. The second kappa shape index (κ2) is 9.54. The monoisotopic (exact) mass is 430 g/mol. The van der Waals surface area contributed by atoms with Crippen molar-refractivity contribution in [2.45, 2.75) is 19.4 Å². The maximum Gasteiger partial charge on any atom is 0.305 e. The first-order valence-electron chi connectivity index (χ1n) is 8.93. The number of ether oxygens (including phenoxy) is 1. The summed E-state index contributed by atoms with van der Waals surface area (Å²) < 4.78 is 5.40. The number of aromatic nitrogens is 1. The highest BCUT2D eigenvalue weighted by atomic mass is 35.5. The molecule has 1 heterocycles. The van der Waals surface area contributed by atoms with E-state index in [4.69, 9.17) is 16.3 Å². The number of hydrogen-bond acceptors (Lipinski definition) is 5. The summed E-state index contributed by atoms with van der Waals surface area (Å²) in [6, 6.07) is 13.5. The minimum atomic E-state index is -1.01. The van der Waals surface area contributed by atoms with Crippen LogP contribution in [0.3, 0.4) is 0 Å². The Morgan fingerprint density at radius 2 is 1.86 bits per heavy atom. The molecule has 6 nitrogen and oxygen atoms in total. The number of carbonyl (C=O) groups excluding carboxylic acids is 1. The van der Waals surface area contributed by atoms with E-state index >= 15 is 0 Å². The van der Waals surface area contributed by atoms with Crippen LogP contribution < -0.4 is 10.1 Å². The van der Waals surface area contributed by atoms with Crippen molar-refractivity contribution >= 4 is 34.8 Å². The molecule has 0 fully saturated rings. The second-order valence-electron chi connectivity index (χ2n) is 6.17. The van der Waals surface area contributed by atoms with Crippen LogP contribution >= 0.6 is 22.9 Å². The second-order valence-corrected chi connectivity index (χ2v) is 7.47. The van der Waals surface area contributed by atoms with Gasteiger partial charge in [-0.05, 0) is 36.8 Å². The Balaban J connectivity index is 1.76. The summed E-state index contributed by atoms with van der Waals surface area (Å²) in [5.74, 6) is -0.755. The third-order valence-corrected chi connectivity index (χ3v) is 5.25. The molecule has 2 N–H and O–H groups in total. The predicted molar refractivity (Wildman–Crippen MR) is 113 cm³/mol. The lowest BCUT2D eigenvalue weighted by molar-refractivity contribution is -0.137. The van der Waals surface area contributed by atoms with Crippen LogP contribution in [0, 0.1) is 0 Å². The van der Waals surface area contributed by atoms with Crippen molar-refractivity contribution in [3.8, 4) is 16.3 Å². The van der Waals surface area contributed by atoms with Crippen LogP contribution in [0.2, 0.25) is 5.02 Å². The van der Waals surface area contributed by atoms with Crippen LogP contribution in [0.4, 0.5) is 0 Å². The minimum absolute atomic E-state index is 0.237. The number of benzene rings is 2. The van der Waals surface area contributed by atoms with Crippen molar-refractivity contribution in [1.29, 1.82) is 0 Å². The first-order chi connectivity index (χ1) is 14.0. The zero-order valence-corrected chi connectivity index (χ0v) is 17.2. The van der Waals surface area contributed by atoms with E-state index in [0.29, 0.717) is 28.0 Å². The molecule has 1 aromatic heterocycles. The number of rotatable bonds is 8. The molecule has 1 atom stereocenters. The van der Waals surface area contributed by atoms with Gasteiger partial charge in [-0.25, -0.2) is 4.98 Å². The third-order valence-electron chi connectivity index (χ3n) is 4.11. The van der Waals surface area contributed by atoms with Crippen LogP contribution in [-0.4, -0.2) is 28.6 Å². The molecule has 8 heteroatoms. The van der Waals surface area contributed by atoms with E-state index < -0.39 is 17.9 Å². The van der Waals surface area contributed by atoms with E-state index in [1.54, 1.807) is 41.8 Å². The van der Waals surface area contributed by atoms with Gasteiger partial charge in [-0.2, -0.15) is 0 Å². The van der Waals surface area contributed by atoms with Crippen molar-refractivity contribution in [3.05, 3.63) is 70.2 Å². The number of amides is 1. The van der Waals surface area contributed by atoms with Crippen LogP contribution in [-0.2, 0) is 4.79 Å². The Bertz CT molecular complexity index is 987. The largest absolute Gasteiger partial charge is 0.494 e. The molecule has 2 aromatic carbocycles. The summed E-state index contributed by atoms with van der Waals surface area (Å²) in [4.78, 5) is 28.3. The molecule has 1 amide bonds. The number of hydrogen-bond donors (Lipinski definition) is 2. The van der Waals surface area contributed by atoms with E-state index in [0.717, 1.165) is 5.56 Å². The fourth-order valence-electron chi connectivity index (χ4n) is 2.73. The van der Waals surface area contributed by atoms with E-state index in [1.165, 1.54) is 11.3 Å². The van der Waals surface area contributed by atoms with Crippen LogP contribution in [0.5, 0.6) is 5.75 Å². The quantitative estimate of drug-likeness (QED) is 0.535. The highest BCUT2D eigenvalue weighted by Crippen LogP contribution is 2.26. The number of nitrogens with one attached hydrogen (secondary N) is 1. The Hall–Kier alpha value is -2.90. The Morgan fingerprint density at radius 3 is 2.48 bits per heavy atom. The summed E-state index contributed by atoms with van der Waals surface area (Å²) in [6.07, 6.45) is -0.242. The SMILES string of the molecule is CCOc1ccc([C@H](CC(=O)O)NC(=O)c2csc(-c3ccc(Cl)cc3)n2)cc1. The van der Waals surface area contributed by atoms with Gasteiger partial charge in [-0.15, -0.1) is 11.3 Å². The van der Waals surface area contributed by atoms with Crippen molar-refractivity contribution in [3.63, 3.8) is 0 Å². The van der Waals surface area contributed by atoms with Crippen molar-refractivity contribution in [1.82, 2.24) is 10.3 Å². The molecule has 29 heavy (non-hydrogen) atoms. The van der Waals surface area contributed by atoms with Gasteiger partial charge in [0.1, 0.15) is 16.5 Å².